The van der Waals surface area contributed by atoms with Crippen molar-refractivity contribution >= 4 is 22.7 Å². The third-order valence-electron chi connectivity index (χ3n) is 4.39. The zero-order valence-corrected chi connectivity index (χ0v) is 13.7. The number of nitrogens with one attached hydrogen (secondary N) is 1. The normalized spacial score (nSPS) is 14.7. The van der Waals surface area contributed by atoms with Crippen LogP contribution in [-0.4, -0.2) is 34.5 Å². The summed E-state index contributed by atoms with van der Waals surface area (Å²) in [5, 5.41) is 3.92. The quantitative estimate of drug-likeness (QED) is 0.707. The summed E-state index contributed by atoms with van der Waals surface area (Å²) in [6.45, 7) is 0.935. The van der Waals surface area contributed by atoms with Gasteiger partial charge >= 0.3 is 0 Å². The van der Waals surface area contributed by atoms with Gasteiger partial charge in [-0.3, -0.25) is 0 Å². The first kappa shape index (κ1) is 16.6. The minimum atomic E-state index is -2.32. The van der Waals surface area contributed by atoms with Crippen LogP contribution in [0.3, 0.4) is 0 Å². The van der Waals surface area contributed by atoms with Gasteiger partial charge in [0.15, 0.2) is 0 Å². The summed E-state index contributed by atoms with van der Waals surface area (Å²) in [5.74, 6) is -0.120. The highest BCUT2D eigenvalue weighted by Gasteiger charge is 2.35. The fourth-order valence-electron chi connectivity index (χ4n) is 2.92. The van der Waals surface area contributed by atoms with E-state index >= 15 is 0 Å². The number of pyridine rings is 1. The largest absolute Gasteiger partial charge is 0.355 e. The number of alkyl halides is 2. The molecule has 1 aliphatic rings. The number of nitrogens with zero attached hydrogens (tertiary/aromatic N) is 4. The van der Waals surface area contributed by atoms with Crippen molar-refractivity contribution < 1.29 is 13.2 Å². The minimum Gasteiger partial charge on any atom is -0.355 e. The Kier molecular flexibility index (Phi) is 4.32. The molecule has 0 aliphatic carbocycles. The van der Waals surface area contributed by atoms with Crippen LogP contribution >= 0.6 is 0 Å². The molecule has 1 saturated heterocycles. The van der Waals surface area contributed by atoms with Crippen LogP contribution in [0.4, 0.5) is 24.9 Å². The predicted molar refractivity (Wildman–Crippen MR) is 92.8 cm³/mol. The first-order chi connectivity index (χ1) is 12.6. The van der Waals surface area contributed by atoms with Crippen molar-refractivity contribution in [1.29, 1.82) is 0 Å². The maximum Gasteiger partial charge on any atom is 0.244 e. The number of fused-ring (bicyclic) bond motifs is 1. The van der Waals surface area contributed by atoms with Gasteiger partial charge in [-0.05, 0) is 23.8 Å². The zero-order chi connectivity index (χ0) is 18.1. The lowest BCUT2D eigenvalue weighted by Gasteiger charge is -2.40. The van der Waals surface area contributed by atoms with Gasteiger partial charge in [0, 0.05) is 31.2 Å². The summed E-state index contributed by atoms with van der Waals surface area (Å²) in [4.78, 5) is 14.4. The van der Waals surface area contributed by atoms with E-state index in [1.54, 1.807) is 6.07 Å². The standard InChI is InChI=1S/C18H16F3N5/c19-15-6-5-11(7-22-15)8-23-18-24-14-4-2-1-3-13(14)17(25-18)26-9-12(10-26)16(20)21/h1-7,12,16H,8-10H2,(H,23,24,25). The zero-order valence-electron chi connectivity index (χ0n) is 13.7. The number of halogens is 3. The number of hydrogen-bond donors (Lipinski definition) is 1. The molecule has 3 aromatic rings. The average molecular weight is 359 g/mol. The Morgan fingerprint density at radius 2 is 1.92 bits per heavy atom. The first-order valence-corrected chi connectivity index (χ1v) is 8.24. The first-order valence-electron chi connectivity index (χ1n) is 8.24. The molecule has 0 amide bonds. The van der Waals surface area contributed by atoms with E-state index in [0.717, 1.165) is 16.5 Å². The van der Waals surface area contributed by atoms with E-state index < -0.39 is 18.3 Å². The molecule has 26 heavy (non-hydrogen) atoms. The summed E-state index contributed by atoms with van der Waals surface area (Å²) in [5.41, 5.74) is 1.52. The van der Waals surface area contributed by atoms with Crippen molar-refractivity contribution in [2.45, 2.75) is 13.0 Å². The number of rotatable bonds is 5. The number of anilines is 2. The molecule has 0 bridgehead atoms. The van der Waals surface area contributed by atoms with Crippen LogP contribution in [0.25, 0.3) is 10.9 Å². The lowest BCUT2D eigenvalue weighted by Crippen LogP contribution is -2.50. The van der Waals surface area contributed by atoms with Crippen LogP contribution in [0.15, 0.2) is 42.6 Å². The highest BCUT2D eigenvalue weighted by molar-refractivity contribution is 5.90. The number of aromatic nitrogens is 3. The van der Waals surface area contributed by atoms with E-state index in [1.165, 1.54) is 12.3 Å². The summed E-state index contributed by atoms with van der Waals surface area (Å²) in [6, 6.07) is 10.4. The molecule has 5 nitrogen and oxygen atoms in total. The van der Waals surface area contributed by atoms with Crippen molar-refractivity contribution in [2.24, 2.45) is 5.92 Å². The van der Waals surface area contributed by atoms with Crippen LogP contribution < -0.4 is 10.2 Å². The Morgan fingerprint density at radius 3 is 2.65 bits per heavy atom. The number of hydrogen-bond acceptors (Lipinski definition) is 5. The van der Waals surface area contributed by atoms with Crippen molar-refractivity contribution in [2.75, 3.05) is 23.3 Å². The monoisotopic (exact) mass is 359 g/mol. The molecule has 8 heteroatoms. The van der Waals surface area contributed by atoms with Crippen molar-refractivity contribution in [3.8, 4) is 0 Å². The van der Waals surface area contributed by atoms with Crippen molar-refractivity contribution in [3.05, 3.63) is 54.1 Å². The van der Waals surface area contributed by atoms with E-state index in [2.05, 4.69) is 20.3 Å². The fourth-order valence-corrected chi connectivity index (χ4v) is 2.92. The van der Waals surface area contributed by atoms with Crippen LogP contribution in [-0.2, 0) is 6.54 Å². The maximum absolute atomic E-state index is 12.9. The minimum absolute atomic E-state index is 0.278. The highest BCUT2D eigenvalue weighted by atomic mass is 19.3. The fraction of sp³-hybridized carbons (Fsp3) is 0.278. The van der Waals surface area contributed by atoms with Crippen LogP contribution in [0, 0.1) is 11.9 Å². The van der Waals surface area contributed by atoms with Gasteiger partial charge in [0.1, 0.15) is 5.82 Å². The Bertz CT molecular complexity index is 910. The second kappa shape index (κ2) is 6.78. The smallest absolute Gasteiger partial charge is 0.244 e. The Balaban J connectivity index is 1.58. The second-order valence-electron chi connectivity index (χ2n) is 6.23. The van der Waals surface area contributed by atoms with Gasteiger partial charge in [0.2, 0.25) is 18.3 Å². The average Bonchev–Trinajstić information content (AvgIpc) is 2.59. The molecule has 134 valence electrons. The number of para-hydroxylation sites is 1. The van der Waals surface area contributed by atoms with Crippen molar-refractivity contribution in [3.63, 3.8) is 0 Å². The van der Waals surface area contributed by atoms with Crippen LogP contribution in [0.1, 0.15) is 5.56 Å². The van der Waals surface area contributed by atoms with E-state index in [9.17, 15) is 13.2 Å². The van der Waals surface area contributed by atoms with E-state index in [0.29, 0.717) is 18.3 Å². The molecule has 0 atom stereocenters. The summed E-state index contributed by atoms with van der Waals surface area (Å²) in [7, 11) is 0. The Hall–Kier alpha value is -2.90. The summed E-state index contributed by atoms with van der Waals surface area (Å²) < 4.78 is 38.5. The number of benzene rings is 1. The van der Waals surface area contributed by atoms with Crippen molar-refractivity contribution in [1.82, 2.24) is 15.0 Å². The molecular weight excluding hydrogens is 343 g/mol. The maximum atomic E-state index is 12.9. The molecule has 1 N–H and O–H groups in total. The Morgan fingerprint density at radius 1 is 1.12 bits per heavy atom. The third kappa shape index (κ3) is 3.26. The second-order valence-corrected chi connectivity index (χ2v) is 6.23. The van der Waals surface area contributed by atoms with Crippen LogP contribution in [0.5, 0.6) is 0 Å². The van der Waals surface area contributed by atoms with Crippen LogP contribution in [0.2, 0.25) is 0 Å². The summed E-state index contributed by atoms with van der Waals surface area (Å²) >= 11 is 0. The highest BCUT2D eigenvalue weighted by Crippen LogP contribution is 2.32. The molecule has 1 aliphatic heterocycles. The van der Waals surface area contributed by atoms with Gasteiger partial charge in [-0.15, -0.1) is 0 Å². The molecule has 4 rings (SSSR count). The van der Waals surface area contributed by atoms with Gasteiger partial charge < -0.3 is 10.2 Å². The van der Waals surface area contributed by atoms with E-state index in [1.807, 2.05) is 29.2 Å². The van der Waals surface area contributed by atoms with E-state index in [4.69, 9.17) is 0 Å². The molecule has 1 aromatic carbocycles. The van der Waals surface area contributed by atoms with Gasteiger partial charge in [-0.1, -0.05) is 18.2 Å². The topological polar surface area (TPSA) is 53.9 Å². The molecule has 0 radical (unpaired) electrons. The van der Waals surface area contributed by atoms with Gasteiger partial charge in [-0.25, -0.2) is 18.7 Å². The van der Waals surface area contributed by atoms with Gasteiger partial charge in [0.05, 0.1) is 11.4 Å². The predicted octanol–water partition coefficient (Wildman–Crippen LogP) is 3.48. The van der Waals surface area contributed by atoms with Gasteiger partial charge in [-0.2, -0.15) is 9.37 Å². The van der Waals surface area contributed by atoms with Gasteiger partial charge in [0.25, 0.3) is 0 Å². The molecule has 0 spiro atoms. The Labute approximate surface area is 147 Å². The molecule has 1 fully saturated rings. The molecule has 2 aromatic heterocycles. The molecule has 0 unspecified atom stereocenters. The van der Waals surface area contributed by atoms with E-state index in [-0.39, 0.29) is 13.1 Å². The third-order valence-corrected chi connectivity index (χ3v) is 4.39. The molecular formula is C18H16F3N5. The lowest BCUT2D eigenvalue weighted by molar-refractivity contribution is 0.0612. The lowest BCUT2D eigenvalue weighted by atomic mass is 10.0. The SMILES string of the molecule is Fc1ccc(CNc2nc(N3CC(C(F)F)C3)c3ccccc3n2)cn1. The molecule has 3 heterocycles. The summed E-state index contributed by atoms with van der Waals surface area (Å²) in [6.07, 6.45) is -0.879. The molecule has 0 saturated carbocycles.